The van der Waals surface area contributed by atoms with Gasteiger partial charge in [0, 0.05) is 5.02 Å². The van der Waals surface area contributed by atoms with Crippen molar-refractivity contribution in [3.05, 3.63) is 77.1 Å². The van der Waals surface area contributed by atoms with Gasteiger partial charge in [-0.05, 0) is 34.5 Å². The number of esters is 1. The largest absolute Gasteiger partial charge is 0.455 e. The number of rotatable bonds is 5. The summed E-state index contributed by atoms with van der Waals surface area (Å²) in [5.41, 5.74) is 0.725. The number of fused-ring (bicyclic) bond motifs is 1. The number of hydrogen-bond donors (Lipinski definition) is 1. The normalized spacial score (nSPS) is 10.5. The van der Waals surface area contributed by atoms with Crippen molar-refractivity contribution in [2.24, 2.45) is 0 Å². The molecule has 0 radical (unpaired) electrons. The monoisotopic (exact) mass is 371 g/mol. The predicted molar refractivity (Wildman–Crippen MR) is 98.7 cm³/mol. The van der Waals surface area contributed by atoms with Gasteiger partial charge in [0.25, 0.3) is 5.91 Å². The van der Waals surface area contributed by atoms with Crippen molar-refractivity contribution in [1.29, 1.82) is 0 Å². The molecule has 0 saturated heterocycles. The van der Waals surface area contributed by atoms with E-state index >= 15 is 0 Å². The first-order valence-corrected chi connectivity index (χ1v) is 8.27. The van der Waals surface area contributed by atoms with E-state index in [1.54, 1.807) is 0 Å². The minimum atomic E-state index is -0.641. The molecule has 26 heavy (non-hydrogen) atoms. The second-order valence-corrected chi connectivity index (χ2v) is 6.13. The van der Waals surface area contributed by atoms with Crippen molar-refractivity contribution in [1.82, 2.24) is 0 Å². The van der Waals surface area contributed by atoms with E-state index in [-0.39, 0.29) is 17.1 Å². The summed E-state index contributed by atoms with van der Waals surface area (Å²) in [6.45, 7) is -0.502. The Hall–Kier alpha value is -2.92. The van der Waals surface area contributed by atoms with E-state index in [2.05, 4.69) is 5.32 Å². The summed E-state index contributed by atoms with van der Waals surface area (Å²) in [4.78, 5) is 23.7. The van der Waals surface area contributed by atoms with Crippen LogP contribution in [0.15, 0.2) is 60.7 Å². The summed E-state index contributed by atoms with van der Waals surface area (Å²) in [5.74, 6) is -1.80. The molecular formula is C20H15ClFNO3. The number of anilines is 1. The highest BCUT2D eigenvalue weighted by Gasteiger charge is 2.11. The fourth-order valence-corrected chi connectivity index (χ4v) is 2.66. The van der Waals surface area contributed by atoms with Crippen LogP contribution in [-0.4, -0.2) is 18.5 Å². The second-order valence-electron chi connectivity index (χ2n) is 5.69. The van der Waals surface area contributed by atoms with E-state index in [4.69, 9.17) is 16.3 Å². The lowest BCUT2D eigenvalue weighted by atomic mass is 10.1. The van der Waals surface area contributed by atoms with E-state index in [0.717, 1.165) is 22.4 Å². The highest BCUT2D eigenvalue weighted by atomic mass is 35.5. The topological polar surface area (TPSA) is 55.4 Å². The molecular weight excluding hydrogens is 357 g/mol. The Morgan fingerprint density at radius 1 is 1.00 bits per heavy atom. The third kappa shape index (κ3) is 4.58. The first-order chi connectivity index (χ1) is 12.5. The lowest BCUT2D eigenvalue weighted by Crippen LogP contribution is -2.22. The highest BCUT2D eigenvalue weighted by Crippen LogP contribution is 2.19. The number of carbonyl (C=O) groups is 2. The van der Waals surface area contributed by atoms with Gasteiger partial charge in [0.1, 0.15) is 5.82 Å². The molecule has 0 unspecified atom stereocenters. The van der Waals surface area contributed by atoms with Crippen molar-refractivity contribution in [2.75, 3.05) is 11.9 Å². The van der Waals surface area contributed by atoms with E-state index < -0.39 is 24.3 Å². The number of hydrogen-bond acceptors (Lipinski definition) is 3. The van der Waals surface area contributed by atoms with Crippen LogP contribution in [0.3, 0.4) is 0 Å². The summed E-state index contributed by atoms with van der Waals surface area (Å²) >= 11 is 5.76. The molecule has 0 aromatic heterocycles. The van der Waals surface area contributed by atoms with Gasteiger partial charge < -0.3 is 10.1 Å². The number of carbonyl (C=O) groups excluding carboxylic acids is 2. The van der Waals surface area contributed by atoms with Gasteiger partial charge in [-0.15, -0.1) is 0 Å². The number of amides is 1. The zero-order valence-corrected chi connectivity index (χ0v) is 14.4. The molecule has 0 heterocycles. The van der Waals surface area contributed by atoms with Crippen molar-refractivity contribution >= 4 is 39.9 Å². The predicted octanol–water partition coefficient (Wildman–Crippen LogP) is 4.36. The van der Waals surface area contributed by atoms with Crippen molar-refractivity contribution in [2.45, 2.75) is 6.42 Å². The van der Waals surface area contributed by atoms with Gasteiger partial charge in [-0.3, -0.25) is 9.59 Å². The maximum absolute atomic E-state index is 13.6. The summed E-state index contributed by atoms with van der Waals surface area (Å²) in [6, 6.07) is 17.3. The van der Waals surface area contributed by atoms with Gasteiger partial charge in [-0.25, -0.2) is 4.39 Å². The second kappa shape index (κ2) is 7.97. The van der Waals surface area contributed by atoms with Gasteiger partial charge in [-0.2, -0.15) is 0 Å². The zero-order chi connectivity index (χ0) is 18.5. The molecule has 1 N–H and O–H groups in total. The molecule has 0 bridgehead atoms. The van der Waals surface area contributed by atoms with Crippen LogP contribution in [0.4, 0.5) is 10.1 Å². The standard InChI is InChI=1S/C20H15ClFNO3/c21-16-7-8-17(22)18(11-16)23-19(24)12-26-20(25)10-13-5-6-14-3-1-2-4-15(14)9-13/h1-9,11H,10,12H2,(H,23,24). The molecule has 0 aliphatic heterocycles. The van der Waals surface area contributed by atoms with Crippen LogP contribution >= 0.6 is 11.6 Å². The Balaban J connectivity index is 1.54. The molecule has 0 spiro atoms. The Morgan fingerprint density at radius 2 is 1.77 bits per heavy atom. The average molecular weight is 372 g/mol. The molecule has 0 fully saturated rings. The van der Waals surface area contributed by atoms with Crippen LogP contribution in [0.1, 0.15) is 5.56 Å². The van der Waals surface area contributed by atoms with E-state index in [9.17, 15) is 14.0 Å². The first kappa shape index (κ1) is 17.9. The quantitative estimate of drug-likeness (QED) is 0.678. The fourth-order valence-electron chi connectivity index (χ4n) is 2.49. The zero-order valence-electron chi connectivity index (χ0n) is 13.7. The third-order valence-corrected chi connectivity index (χ3v) is 3.96. The van der Waals surface area contributed by atoms with Crippen LogP contribution in [0.2, 0.25) is 5.02 Å². The lowest BCUT2D eigenvalue weighted by Gasteiger charge is -2.08. The molecule has 3 rings (SSSR count). The van der Waals surface area contributed by atoms with Crippen molar-refractivity contribution < 1.29 is 18.7 Å². The highest BCUT2D eigenvalue weighted by molar-refractivity contribution is 6.30. The fraction of sp³-hybridized carbons (Fsp3) is 0.100. The van der Waals surface area contributed by atoms with Crippen LogP contribution in [0.5, 0.6) is 0 Å². The van der Waals surface area contributed by atoms with Crippen LogP contribution < -0.4 is 5.32 Å². The Kier molecular flexibility index (Phi) is 5.49. The van der Waals surface area contributed by atoms with Gasteiger partial charge in [0.05, 0.1) is 12.1 Å². The smallest absolute Gasteiger partial charge is 0.310 e. The molecule has 6 heteroatoms. The minimum absolute atomic E-state index is 0.0453. The summed E-state index contributed by atoms with van der Waals surface area (Å²) in [5, 5.41) is 4.70. The molecule has 0 saturated carbocycles. The van der Waals surface area contributed by atoms with Gasteiger partial charge in [-0.1, -0.05) is 54.1 Å². The maximum atomic E-state index is 13.6. The van der Waals surface area contributed by atoms with Gasteiger partial charge in [0.15, 0.2) is 6.61 Å². The summed E-state index contributed by atoms with van der Waals surface area (Å²) in [6.07, 6.45) is 0.0453. The van der Waals surface area contributed by atoms with E-state index in [1.807, 2.05) is 42.5 Å². The number of benzene rings is 3. The first-order valence-electron chi connectivity index (χ1n) is 7.89. The average Bonchev–Trinajstić information content (AvgIpc) is 2.63. The molecule has 3 aromatic carbocycles. The molecule has 0 aliphatic carbocycles. The summed E-state index contributed by atoms with van der Waals surface area (Å²) < 4.78 is 18.5. The van der Waals surface area contributed by atoms with E-state index in [0.29, 0.717) is 0 Å². The minimum Gasteiger partial charge on any atom is -0.455 e. The van der Waals surface area contributed by atoms with Crippen LogP contribution in [0, 0.1) is 5.82 Å². The molecule has 132 valence electrons. The molecule has 0 aliphatic rings. The Morgan fingerprint density at radius 3 is 2.58 bits per heavy atom. The third-order valence-electron chi connectivity index (χ3n) is 3.73. The van der Waals surface area contributed by atoms with Crippen LogP contribution in [-0.2, 0) is 20.7 Å². The van der Waals surface area contributed by atoms with Crippen LogP contribution in [0.25, 0.3) is 10.8 Å². The maximum Gasteiger partial charge on any atom is 0.310 e. The molecule has 3 aromatic rings. The number of nitrogens with one attached hydrogen (secondary N) is 1. The molecule has 0 atom stereocenters. The Bertz CT molecular complexity index is 974. The number of halogens is 2. The number of ether oxygens (including phenoxy) is 1. The van der Waals surface area contributed by atoms with E-state index in [1.165, 1.54) is 12.1 Å². The van der Waals surface area contributed by atoms with Crippen molar-refractivity contribution in [3.8, 4) is 0 Å². The van der Waals surface area contributed by atoms with Crippen molar-refractivity contribution in [3.63, 3.8) is 0 Å². The van der Waals surface area contributed by atoms with Gasteiger partial charge >= 0.3 is 5.97 Å². The Labute approximate surface area is 154 Å². The SMILES string of the molecule is O=C(COC(=O)Cc1ccc2ccccc2c1)Nc1cc(Cl)ccc1F. The molecule has 4 nitrogen and oxygen atoms in total. The molecule has 1 amide bonds. The van der Waals surface area contributed by atoms with Gasteiger partial charge in [0.2, 0.25) is 0 Å². The lowest BCUT2D eigenvalue weighted by molar-refractivity contribution is -0.146. The summed E-state index contributed by atoms with van der Waals surface area (Å²) in [7, 11) is 0.